The molecule has 0 radical (unpaired) electrons. The van der Waals surface area contributed by atoms with Crippen LogP contribution in [-0.2, 0) is 16.4 Å². The molecule has 0 bridgehead atoms. The molecule has 0 atom stereocenters. The molecule has 104 valence electrons. The second-order valence-corrected chi connectivity index (χ2v) is 8.14. The molecule has 0 unspecified atom stereocenters. The molecule has 1 aromatic rings. The highest BCUT2D eigenvalue weighted by Gasteiger charge is 2.51. The maximum absolute atomic E-state index is 11.4. The Morgan fingerprint density at radius 2 is 1.84 bits per heavy atom. The molecule has 3 rings (SSSR count). The molecular formula is C14H19NO3S. The summed E-state index contributed by atoms with van der Waals surface area (Å²) in [6, 6.07) is 7.12. The van der Waals surface area contributed by atoms with Crippen molar-refractivity contribution in [3.05, 3.63) is 29.8 Å². The largest absolute Gasteiger partial charge is 0.393 e. The van der Waals surface area contributed by atoms with Crippen molar-refractivity contribution in [3.8, 4) is 0 Å². The second kappa shape index (κ2) is 4.30. The van der Waals surface area contributed by atoms with Crippen molar-refractivity contribution in [3.63, 3.8) is 0 Å². The van der Waals surface area contributed by atoms with Crippen molar-refractivity contribution in [1.29, 1.82) is 0 Å². The molecule has 19 heavy (non-hydrogen) atoms. The Hall–Kier alpha value is -0.910. The van der Waals surface area contributed by atoms with Gasteiger partial charge in [0.15, 0.2) is 9.84 Å². The van der Waals surface area contributed by atoms with E-state index >= 15 is 0 Å². The third kappa shape index (κ3) is 2.55. The summed E-state index contributed by atoms with van der Waals surface area (Å²) in [5.41, 5.74) is 1.52. The van der Waals surface area contributed by atoms with Gasteiger partial charge in [-0.1, -0.05) is 12.1 Å². The van der Waals surface area contributed by atoms with Gasteiger partial charge in [0.25, 0.3) is 0 Å². The summed E-state index contributed by atoms with van der Waals surface area (Å²) in [5.74, 6) is 0. The van der Waals surface area contributed by atoms with Crippen molar-refractivity contribution in [2.75, 3.05) is 19.3 Å². The van der Waals surface area contributed by atoms with Crippen LogP contribution in [0.1, 0.15) is 18.4 Å². The first-order valence-electron chi connectivity index (χ1n) is 6.56. The summed E-state index contributed by atoms with van der Waals surface area (Å²) in [5, 5.41) is 9.36. The number of benzene rings is 1. The van der Waals surface area contributed by atoms with E-state index in [-0.39, 0.29) is 6.10 Å². The van der Waals surface area contributed by atoms with Crippen LogP contribution in [0.15, 0.2) is 29.2 Å². The lowest BCUT2D eigenvalue weighted by Gasteiger charge is -2.58. The van der Waals surface area contributed by atoms with E-state index in [9.17, 15) is 13.5 Å². The van der Waals surface area contributed by atoms with Crippen molar-refractivity contribution in [1.82, 2.24) is 4.90 Å². The third-order valence-corrected chi connectivity index (χ3v) is 5.34. The van der Waals surface area contributed by atoms with Crippen LogP contribution in [0.4, 0.5) is 0 Å². The number of aliphatic hydroxyl groups is 1. The Labute approximate surface area is 114 Å². The monoisotopic (exact) mass is 281 g/mol. The van der Waals surface area contributed by atoms with Gasteiger partial charge in [0.2, 0.25) is 0 Å². The molecule has 1 aliphatic carbocycles. The number of likely N-dealkylation sites (tertiary alicyclic amines) is 1. The van der Waals surface area contributed by atoms with Gasteiger partial charge in [-0.05, 0) is 30.5 Å². The minimum absolute atomic E-state index is 0.0869. The smallest absolute Gasteiger partial charge is 0.175 e. The van der Waals surface area contributed by atoms with Gasteiger partial charge in [-0.3, -0.25) is 4.90 Å². The number of nitrogens with zero attached hydrogens (tertiary/aromatic N) is 1. The molecule has 0 aromatic heterocycles. The summed E-state index contributed by atoms with van der Waals surface area (Å²) >= 11 is 0. The maximum atomic E-state index is 11.4. The third-order valence-electron chi connectivity index (χ3n) is 4.21. The topological polar surface area (TPSA) is 57.6 Å². The van der Waals surface area contributed by atoms with Crippen LogP contribution in [0.5, 0.6) is 0 Å². The van der Waals surface area contributed by atoms with E-state index in [0.717, 1.165) is 38.0 Å². The number of hydrogen-bond donors (Lipinski definition) is 1. The van der Waals surface area contributed by atoms with Gasteiger partial charge < -0.3 is 5.11 Å². The van der Waals surface area contributed by atoms with Gasteiger partial charge in [-0.25, -0.2) is 8.42 Å². The van der Waals surface area contributed by atoms with Crippen molar-refractivity contribution in [2.45, 2.75) is 30.4 Å². The van der Waals surface area contributed by atoms with Crippen LogP contribution >= 0.6 is 0 Å². The molecule has 5 heteroatoms. The van der Waals surface area contributed by atoms with Crippen LogP contribution in [0, 0.1) is 5.41 Å². The maximum Gasteiger partial charge on any atom is 0.175 e. The highest BCUT2D eigenvalue weighted by atomic mass is 32.2. The summed E-state index contributed by atoms with van der Waals surface area (Å²) in [7, 11) is -3.10. The molecular weight excluding hydrogens is 262 g/mol. The second-order valence-electron chi connectivity index (χ2n) is 6.12. The van der Waals surface area contributed by atoms with E-state index in [1.807, 2.05) is 12.1 Å². The van der Waals surface area contributed by atoms with Gasteiger partial charge in [0.1, 0.15) is 0 Å². The highest BCUT2D eigenvalue weighted by Crippen LogP contribution is 2.48. The SMILES string of the molecule is CS(=O)(=O)c1ccc(CN2CC3(CC(O)C3)C2)cc1. The Morgan fingerprint density at radius 1 is 1.26 bits per heavy atom. The quantitative estimate of drug-likeness (QED) is 0.899. The fraction of sp³-hybridized carbons (Fsp3) is 0.571. The molecule has 0 amide bonds. The normalized spacial score (nSPS) is 23.1. The Bertz CT molecular complexity index is 565. The van der Waals surface area contributed by atoms with E-state index in [1.54, 1.807) is 12.1 Å². The fourth-order valence-corrected chi connectivity index (χ4v) is 3.94. The zero-order valence-corrected chi connectivity index (χ0v) is 11.9. The molecule has 1 heterocycles. The number of sulfone groups is 1. The van der Waals surface area contributed by atoms with Crippen LogP contribution < -0.4 is 0 Å². The van der Waals surface area contributed by atoms with Crippen LogP contribution in [0.2, 0.25) is 0 Å². The van der Waals surface area contributed by atoms with Crippen LogP contribution in [-0.4, -0.2) is 43.9 Å². The lowest BCUT2D eigenvalue weighted by molar-refractivity contribution is -0.131. The van der Waals surface area contributed by atoms with Crippen molar-refractivity contribution < 1.29 is 13.5 Å². The van der Waals surface area contributed by atoms with E-state index in [0.29, 0.717) is 10.3 Å². The number of aliphatic hydroxyl groups excluding tert-OH is 1. The Kier molecular flexibility index (Phi) is 2.96. The van der Waals surface area contributed by atoms with Crippen molar-refractivity contribution >= 4 is 9.84 Å². The first-order chi connectivity index (χ1) is 8.86. The fourth-order valence-electron chi connectivity index (χ4n) is 3.31. The lowest BCUT2D eigenvalue weighted by atomic mass is 9.62. The number of rotatable bonds is 3. The summed E-state index contributed by atoms with van der Waals surface area (Å²) < 4.78 is 22.7. The number of hydrogen-bond acceptors (Lipinski definition) is 4. The Balaban J connectivity index is 1.57. The molecule has 4 nitrogen and oxygen atoms in total. The first kappa shape index (κ1) is 13.1. The van der Waals surface area contributed by atoms with Gasteiger partial charge in [0, 0.05) is 31.3 Å². The van der Waals surface area contributed by atoms with Gasteiger partial charge >= 0.3 is 0 Å². The predicted octanol–water partition coefficient (Wildman–Crippen LogP) is 1.05. The van der Waals surface area contributed by atoms with E-state index < -0.39 is 9.84 Å². The van der Waals surface area contributed by atoms with Gasteiger partial charge in [0.05, 0.1) is 11.0 Å². The highest BCUT2D eigenvalue weighted by molar-refractivity contribution is 7.90. The minimum Gasteiger partial charge on any atom is -0.393 e. The zero-order chi connectivity index (χ0) is 13.7. The molecule has 1 N–H and O–H groups in total. The summed E-state index contributed by atoms with van der Waals surface area (Å²) in [6.07, 6.45) is 3.02. The molecule has 2 fully saturated rings. The average molecular weight is 281 g/mol. The van der Waals surface area contributed by atoms with E-state index in [1.165, 1.54) is 6.26 Å². The standard InChI is InChI=1S/C14H19NO3S/c1-19(17,18)13-4-2-11(3-5-13)8-15-9-14(10-15)6-12(16)7-14/h2-5,12,16H,6-10H2,1H3. The predicted molar refractivity (Wildman–Crippen MR) is 72.5 cm³/mol. The van der Waals surface area contributed by atoms with E-state index in [4.69, 9.17) is 0 Å². The molecule has 2 aliphatic rings. The zero-order valence-electron chi connectivity index (χ0n) is 11.0. The first-order valence-corrected chi connectivity index (χ1v) is 8.45. The van der Waals surface area contributed by atoms with E-state index in [2.05, 4.69) is 4.90 Å². The minimum atomic E-state index is -3.10. The van der Waals surface area contributed by atoms with Gasteiger partial charge in [-0.2, -0.15) is 0 Å². The molecule has 1 saturated heterocycles. The lowest BCUT2D eigenvalue weighted by Crippen LogP contribution is -2.63. The van der Waals surface area contributed by atoms with Gasteiger partial charge in [-0.15, -0.1) is 0 Å². The molecule has 1 aliphatic heterocycles. The molecule has 1 aromatic carbocycles. The van der Waals surface area contributed by atoms with Crippen LogP contribution in [0.25, 0.3) is 0 Å². The Morgan fingerprint density at radius 3 is 2.32 bits per heavy atom. The molecule has 1 saturated carbocycles. The van der Waals surface area contributed by atoms with Crippen LogP contribution in [0.3, 0.4) is 0 Å². The summed E-state index contributed by atoms with van der Waals surface area (Å²) in [4.78, 5) is 2.72. The van der Waals surface area contributed by atoms with Crippen molar-refractivity contribution in [2.24, 2.45) is 5.41 Å². The summed E-state index contributed by atoms with van der Waals surface area (Å²) in [6.45, 7) is 2.97. The molecule has 1 spiro atoms. The average Bonchev–Trinajstić information content (AvgIpc) is 2.23.